The molecule has 2 fully saturated rings. The summed E-state index contributed by atoms with van der Waals surface area (Å²) in [7, 11) is 0. The van der Waals surface area contributed by atoms with Gasteiger partial charge in [-0.1, -0.05) is 30.3 Å². The number of hydrogen-bond donors (Lipinski definition) is 1. The lowest BCUT2D eigenvalue weighted by Gasteiger charge is -2.32. The molecule has 2 unspecified atom stereocenters. The van der Waals surface area contributed by atoms with E-state index >= 15 is 0 Å². The average molecular weight is 262 g/mol. The van der Waals surface area contributed by atoms with Crippen LogP contribution < -0.4 is 0 Å². The van der Waals surface area contributed by atoms with Crippen LogP contribution in [0.1, 0.15) is 31.2 Å². The van der Waals surface area contributed by atoms with E-state index in [1.807, 2.05) is 18.2 Å². The zero-order chi connectivity index (χ0) is 13.1. The number of benzene rings is 1. The van der Waals surface area contributed by atoms with Crippen molar-refractivity contribution in [3.8, 4) is 0 Å². The third-order valence-electron chi connectivity index (χ3n) is 4.44. The quantitative estimate of drug-likeness (QED) is 0.655. The Morgan fingerprint density at radius 2 is 1.74 bits per heavy atom. The average Bonchev–Trinajstić information content (AvgIpc) is 2.67. The summed E-state index contributed by atoms with van der Waals surface area (Å²) in [6, 6.07) is 10.1. The third-order valence-corrected chi connectivity index (χ3v) is 4.44. The van der Waals surface area contributed by atoms with Crippen LogP contribution in [0.25, 0.3) is 0 Å². The van der Waals surface area contributed by atoms with E-state index in [4.69, 9.17) is 9.47 Å². The van der Waals surface area contributed by atoms with E-state index in [1.54, 1.807) is 0 Å². The van der Waals surface area contributed by atoms with Crippen LogP contribution in [0.4, 0.5) is 0 Å². The van der Waals surface area contributed by atoms with E-state index in [2.05, 4.69) is 12.1 Å². The molecule has 0 saturated heterocycles. The summed E-state index contributed by atoms with van der Waals surface area (Å²) in [4.78, 5) is 0. The Kier molecular flexibility index (Phi) is 4.16. The van der Waals surface area contributed by atoms with Gasteiger partial charge in [-0.2, -0.15) is 0 Å². The van der Waals surface area contributed by atoms with E-state index in [0.29, 0.717) is 31.3 Å². The van der Waals surface area contributed by atoms with Crippen LogP contribution in [0.3, 0.4) is 0 Å². The van der Waals surface area contributed by atoms with E-state index < -0.39 is 0 Å². The monoisotopic (exact) mass is 262 g/mol. The summed E-state index contributed by atoms with van der Waals surface area (Å²) in [6.07, 6.45) is 4.40. The van der Waals surface area contributed by atoms with Crippen molar-refractivity contribution in [3.63, 3.8) is 0 Å². The minimum absolute atomic E-state index is 0.109. The molecule has 0 amide bonds. The van der Waals surface area contributed by atoms with Crippen LogP contribution in [0.2, 0.25) is 0 Å². The molecule has 0 radical (unpaired) electrons. The second-order valence-corrected chi connectivity index (χ2v) is 5.81. The predicted octanol–water partition coefficient (Wildman–Crippen LogP) is 2.73. The van der Waals surface area contributed by atoms with E-state index in [0.717, 1.165) is 12.8 Å². The SMILES string of the molecule is OC1CC2CCC(C1)C2OCOCc1ccccc1. The molecule has 2 bridgehead atoms. The molecular weight excluding hydrogens is 240 g/mol. The summed E-state index contributed by atoms with van der Waals surface area (Å²) in [5, 5.41) is 9.74. The van der Waals surface area contributed by atoms with Gasteiger partial charge in [0.25, 0.3) is 0 Å². The van der Waals surface area contributed by atoms with Crippen molar-refractivity contribution in [2.24, 2.45) is 11.8 Å². The molecule has 3 rings (SSSR count). The maximum absolute atomic E-state index is 9.74. The Morgan fingerprint density at radius 1 is 1.05 bits per heavy atom. The smallest absolute Gasteiger partial charge is 0.147 e. The Bertz CT molecular complexity index is 378. The Labute approximate surface area is 114 Å². The molecule has 0 aliphatic heterocycles. The van der Waals surface area contributed by atoms with Gasteiger partial charge < -0.3 is 14.6 Å². The lowest BCUT2D eigenvalue weighted by molar-refractivity contribution is -0.135. The molecule has 104 valence electrons. The van der Waals surface area contributed by atoms with Crippen LogP contribution in [0.5, 0.6) is 0 Å². The first-order chi connectivity index (χ1) is 9.33. The molecule has 0 aromatic heterocycles. The predicted molar refractivity (Wildman–Crippen MR) is 72.4 cm³/mol. The van der Waals surface area contributed by atoms with Crippen LogP contribution in [0, 0.1) is 11.8 Å². The van der Waals surface area contributed by atoms with Gasteiger partial charge >= 0.3 is 0 Å². The minimum atomic E-state index is -0.109. The standard InChI is InChI=1S/C16H22O3/c17-15-8-13-6-7-14(9-15)16(13)19-11-18-10-12-4-2-1-3-5-12/h1-5,13-17H,6-11H2. The number of aliphatic hydroxyl groups is 1. The van der Waals surface area contributed by atoms with E-state index in [-0.39, 0.29) is 6.10 Å². The normalized spacial score (nSPS) is 33.5. The second-order valence-electron chi connectivity index (χ2n) is 5.81. The molecule has 1 aromatic carbocycles. The fraction of sp³-hybridized carbons (Fsp3) is 0.625. The Morgan fingerprint density at radius 3 is 2.42 bits per heavy atom. The zero-order valence-electron chi connectivity index (χ0n) is 11.2. The molecule has 2 atom stereocenters. The highest BCUT2D eigenvalue weighted by Crippen LogP contribution is 2.43. The number of hydrogen-bond acceptors (Lipinski definition) is 3. The molecule has 1 aromatic rings. The summed E-state index contributed by atoms with van der Waals surface area (Å²) < 4.78 is 11.5. The highest BCUT2D eigenvalue weighted by molar-refractivity contribution is 5.13. The van der Waals surface area contributed by atoms with Gasteiger partial charge in [0, 0.05) is 0 Å². The lowest BCUT2D eigenvalue weighted by Crippen LogP contribution is -2.35. The van der Waals surface area contributed by atoms with Crippen molar-refractivity contribution in [1.82, 2.24) is 0 Å². The van der Waals surface area contributed by atoms with Crippen LogP contribution in [-0.4, -0.2) is 24.1 Å². The zero-order valence-corrected chi connectivity index (χ0v) is 11.2. The fourth-order valence-electron chi connectivity index (χ4n) is 3.57. The number of fused-ring (bicyclic) bond motifs is 2. The number of aliphatic hydroxyl groups excluding tert-OH is 1. The van der Waals surface area contributed by atoms with Crippen LogP contribution in [0.15, 0.2) is 30.3 Å². The molecule has 2 aliphatic rings. The molecule has 19 heavy (non-hydrogen) atoms. The molecule has 2 aliphatic carbocycles. The van der Waals surface area contributed by atoms with Crippen molar-refractivity contribution in [2.45, 2.75) is 44.5 Å². The van der Waals surface area contributed by atoms with Gasteiger partial charge in [-0.15, -0.1) is 0 Å². The van der Waals surface area contributed by atoms with Gasteiger partial charge in [0.1, 0.15) is 6.79 Å². The van der Waals surface area contributed by atoms with E-state index in [1.165, 1.54) is 18.4 Å². The summed E-state index contributed by atoms with van der Waals surface area (Å²) >= 11 is 0. The van der Waals surface area contributed by atoms with Gasteiger partial charge in [-0.05, 0) is 43.1 Å². The first-order valence-electron chi connectivity index (χ1n) is 7.24. The first kappa shape index (κ1) is 13.1. The fourth-order valence-corrected chi connectivity index (χ4v) is 3.57. The minimum Gasteiger partial charge on any atom is -0.393 e. The maximum atomic E-state index is 9.74. The maximum Gasteiger partial charge on any atom is 0.147 e. The molecule has 3 nitrogen and oxygen atoms in total. The highest BCUT2D eigenvalue weighted by Gasteiger charge is 2.42. The summed E-state index contributed by atoms with van der Waals surface area (Å²) in [6.45, 7) is 0.966. The van der Waals surface area contributed by atoms with Crippen molar-refractivity contribution < 1.29 is 14.6 Å². The summed E-state index contributed by atoms with van der Waals surface area (Å²) in [5.74, 6) is 1.07. The van der Waals surface area contributed by atoms with Crippen LogP contribution in [-0.2, 0) is 16.1 Å². The van der Waals surface area contributed by atoms with Crippen molar-refractivity contribution in [3.05, 3.63) is 35.9 Å². The molecule has 0 heterocycles. The molecule has 0 spiro atoms. The lowest BCUT2D eigenvalue weighted by atomic mass is 9.84. The van der Waals surface area contributed by atoms with Gasteiger partial charge in [0.2, 0.25) is 0 Å². The third kappa shape index (κ3) is 3.16. The van der Waals surface area contributed by atoms with Gasteiger partial charge in [-0.25, -0.2) is 0 Å². The van der Waals surface area contributed by atoms with Gasteiger partial charge in [-0.3, -0.25) is 0 Å². The number of rotatable bonds is 5. The molecular formula is C16H22O3. The Balaban J connectivity index is 1.41. The topological polar surface area (TPSA) is 38.7 Å². The van der Waals surface area contributed by atoms with Crippen molar-refractivity contribution in [2.75, 3.05) is 6.79 Å². The van der Waals surface area contributed by atoms with E-state index in [9.17, 15) is 5.11 Å². The molecule has 3 heteroatoms. The highest BCUT2D eigenvalue weighted by atomic mass is 16.7. The Hall–Kier alpha value is -0.900. The van der Waals surface area contributed by atoms with Gasteiger partial charge in [0.05, 0.1) is 18.8 Å². The second kappa shape index (κ2) is 6.04. The van der Waals surface area contributed by atoms with Crippen molar-refractivity contribution in [1.29, 1.82) is 0 Å². The largest absolute Gasteiger partial charge is 0.393 e. The van der Waals surface area contributed by atoms with Crippen molar-refractivity contribution >= 4 is 0 Å². The molecule has 2 saturated carbocycles. The van der Waals surface area contributed by atoms with Crippen LogP contribution >= 0.6 is 0 Å². The molecule has 1 N–H and O–H groups in total. The van der Waals surface area contributed by atoms with Gasteiger partial charge in [0.15, 0.2) is 0 Å². The first-order valence-corrected chi connectivity index (χ1v) is 7.24. The summed E-state index contributed by atoms with van der Waals surface area (Å²) in [5.41, 5.74) is 1.17. The number of ether oxygens (including phenoxy) is 2.